The largest absolute Gasteiger partial charge is 0.477 e. The number of hydrogen-bond donors (Lipinski definition) is 0. The van der Waals surface area contributed by atoms with Crippen molar-refractivity contribution < 1.29 is 9.53 Å². The third-order valence-corrected chi connectivity index (χ3v) is 4.74. The minimum atomic E-state index is 0.0471. The highest BCUT2D eigenvalue weighted by Crippen LogP contribution is 2.29. The number of rotatable bonds is 6. The van der Waals surface area contributed by atoms with Crippen LogP contribution in [0, 0.1) is 5.92 Å². The minimum Gasteiger partial charge on any atom is -0.477 e. The molecule has 0 radical (unpaired) electrons. The molecule has 1 aliphatic heterocycles. The fourth-order valence-electron chi connectivity index (χ4n) is 3.16. The maximum Gasteiger partial charge on any atom is 0.255 e. The first kappa shape index (κ1) is 15.2. The van der Waals surface area contributed by atoms with Gasteiger partial charge in [0.25, 0.3) is 5.91 Å². The second kappa shape index (κ2) is 6.63. The third kappa shape index (κ3) is 3.42. The van der Waals surface area contributed by atoms with E-state index in [0.717, 1.165) is 32.5 Å². The van der Waals surface area contributed by atoms with Crippen LogP contribution in [0.5, 0.6) is 5.88 Å². The molecule has 0 N–H and O–H groups in total. The standard InChI is InChI=1S/C18H22N4O2/c23-18(15-6-7-17(19-11-15)24-13-14-4-5-14)22-10-1-3-16(22)12-21-9-2-8-20-21/h2,6-9,11,14,16H,1,3-5,10,12-13H2/t16-/m1/s1. The molecule has 2 fully saturated rings. The van der Waals surface area contributed by atoms with Gasteiger partial charge in [-0.1, -0.05) is 0 Å². The van der Waals surface area contributed by atoms with Gasteiger partial charge >= 0.3 is 0 Å². The molecule has 2 aromatic rings. The first-order chi connectivity index (χ1) is 11.8. The van der Waals surface area contributed by atoms with Crippen molar-refractivity contribution in [3.63, 3.8) is 0 Å². The lowest BCUT2D eigenvalue weighted by Gasteiger charge is -2.24. The summed E-state index contributed by atoms with van der Waals surface area (Å²) in [5, 5.41) is 4.25. The number of aromatic nitrogens is 3. The smallest absolute Gasteiger partial charge is 0.255 e. The number of ether oxygens (including phenoxy) is 1. The zero-order chi connectivity index (χ0) is 16.4. The maximum absolute atomic E-state index is 12.8. The lowest BCUT2D eigenvalue weighted by Crippen LogP contribution is -2.38. The lowest BCUT2D eigenvalue weighted by molar-refractivity contribution is 0.0721. The average Bonchev–Trinajstić information content (AvgIpc) is 3.08. The van der Waals surface area contributed by atoms with Gasteiger partial charge in [0.05, 0.1) is 24.8 Å². The van der Waals surface area contributed by atoms with Crippen molar-refractivity contribution >= 4 is 5.91 Å². The SMILES string of the molecule is O=C(c1ccc(OCC2CC2)nc1)N1CCC[C@@H]1Cn1cccn1. The van der Waals surface area contributed by atoms with Crippen LogP contribution in [0.3, 0.4) is 0 Å². The van der Waals surface area contributed by atoms with Crippen LogP contribution in [0.4, 0.5) is 0 Å². The van der Waals surface area contributed by atoms with Crippen molar-refractivity contribution in [2.75, 3.05) is 13.2 Å². The zero-order valence-electron chi connectivity index (χ0n) is 13.7. The molecule has 4 rings (SSSR count). The Morgan fingerprint density at radius 2 is 2.21 bits per heavy atom. The van der Waals surface area contributed by atoms with Gasteiger partial charge in [-0.25, -0.2) is 4.98 Å². The molecule has 6 heteroatoms. The van der Waals surface area contributed by atoms with E-state index in [0.29, 0.717) is 17.4 Å². The van der Waals surface area contributed by atoms with Crippen LogP contribution >= 0.6 is 0 Å². The topological polar surface area (TPSA) is 60.2 Å². The molecular formula is C18H22N4O2. The Morgan fingerprint density at radius 1 is 1.29 bits per heavy atom. The molecule has 126 valence electrons. The number of amides is 1. The lowest BCUT2D eigenvalue weighted by atomic mass is 10.2. The van der Waals surface area contributed by atoms with Gasteiger partial charge in [0.15, 0.2) is 0 Å². The second-order valence-electron chi connectivity index (χ2n) is 6.66. The van der Waals surface area contributed by atoms with Gasteiger partial charge in [-0.3, -0.25) is 9.48 Å². The van der Waals surface area contributed by atoms with Gasteiger partial charge in [-0.2, -0.15) is 5.10 Å². The fourth-order valence-corrected chi connectivity index (χ4v) is 3.16. The van der Waals surface area contributed by atoms with E-state index in [-0.39, 0.29) is 11.9 Å². The van der Waals surface area contributed by atoms with Crippen molar-refractivity contribution in [2.24, 2.45) is 5.92 Å². The fraction of sp³-hybridized carbons (Fsp3) is 0.500. The monoisotopic (exact) mass is 326 g/mol. The Bertz CT molecular complexity index is 680. The highest BCUT2D eigenvalue weighted by Gasteiger charge is 2.30. The van der Waals surface area contributed by atoms with E-state index in [4.69, 9.17) is 4.74 Å². The first-order valence-corrected chi connectivity index (χ1v) is 8.67. The second-order valence-corrected chi connectivity index (χ2v) is 6.66. The van der Waals surface area contributed by atoms with Crippen LogP contribution in [0.25, 0.3) is 0 Å². The van der Waals surface area contributed by atoms with Gasteiger partial charge in [0.1, 0.15) is 0 Å². The summed E-state index contributed by atoms with van der Waals surface area (Å²) >= 11 is 0. The van der Waals surface area contributed by atoms with Gasteiger partial charge in [-0.05, 0) is 43.7 Å². The predicted molar refractivity (Wildman–Crippen MR) is 88.7 cm³/mol. The van der Waals surface area contributed by atoms with E-state index in [1.54, 1.807) is 18.5 Å². The maximum atomic E-state index is 12.8. The summed E-state index contributed by atoms with van der Waals surface area (Å²) < 4.78 is 7.53. The van der Waals surface area contributed by atoms with Gasteiger partial charge in [-0.15, -0.1) is 0 Å². The summed E-state index contributed by atoms with van der Waals surface area (Å²) in [6.07, 6.45) is 9.90. The number of nitrogens with zero attached hydrogens (tertiary/aromatic N) is 4. The summed E-state index contributed by atoms with van der Waals surface area (Å²) in [6.45, 7) is 2.28. The van der Waals surface area contributed by atoms with E-state index in [2.05, 4.69) is 10.1 Å². The Labute approximate surface area is 141 Å². The zero-order valence-corrected chi connectivity index (χ0v) is 13.7. The van der Waals surface area contributed by atoms with Crippen molar-refractivity contribution in [2.45, 2.75) is 38.3 Å². The summed E-state index contributed by atoms with van der Waals surface area (Å²) in [5.41, 5.74) is 0.626. The van der Waals surface area contributed by atoms with E-state index >= 15 is 0 Å². The van der Waals surface area contributed by atoms with E-state index < -0.39 is 0 Å². The molecular weight excluding hydrogens is 304 g/mol. The minimum absolute atomic E-state index is 0.0471. The Hall–Kier alpha value is -2.37. The van der Waals surface area contributed by atoms with Crippen LogP contribution in [0.1, 0.15) is 36.0 Å². The number of hydrogen-bond acceptors (Lipinski definition) is 4. The summed E-state index contributed by atoms with van der Waals surface area (Å²) in [4.78, 5) is 19.0. The van der Waals surface area contributed by atoms with Gasteiger partial charge in [0.2, 0.25) is 5.88 Å². The molecule has 3 heterocycles. The van der Waals surface area contributed by atoms with E-state index in [1.165, 1.54) is 12.8 Å². The molecule has 1 aliphatic carbocycles. The molecule has 24 heavy (non-hydrogen) atoms. The van der Waals surface area contributed by atoms with Gasteiger partial charge in [0, 0.05) is 31.2 Å². The van der Waals surface area contributed by atoms with Crippen LogP contribution in [0.2, 0.25) is 0 Å². The number of carbonyl (C=O) groups is 1. The van der Waals surface area contributed by atoms with Crippen molar-refractivity contribution in [3.8, 4) is 5.88 Å². The van der Waals surface area contributed by atoms with Gasteiger partial charge < -0.3 is 9.64 Å². The van der Waals surface area contributed by atoms with E-state index in [9.17, 15) is 4.79 Å². The molecule has 1 saturated heterocycles. The molecule has 1 saturated carbocycles. The number of pyridine rings is 1. The third-order valence-electron chi connectivity index (χ3n) is 4.74. The van der Waals surface area contributed by atoms with Crippen LogP contribution in [0.15, 0.2) is 36.8 Å². The average molecular weight is 326 g/mol. The summed E-state index contributed by atoms with van der Waals surface area (Å²) in [6, 6.07) is 5.73. The van der Waals surface area contributed by atoms with Crippen molar-refractivity contribution in [1.29, 1.82) is 0 Å². The Kier molecular flexibility index (Phi) is 4.19. The summed E-state index contributed by atoms with van der Waals surface area (Å²) in [7, 11) is 0. The molecule has 2 aromatic heterocycles. The quantitative estimate of drug-likeness (QED) is 0.818. The van der Waals surface area contributed by atoms with E-state index in [1.807, 2.05) is 27.9 Å². The molecule has 0 aromatic carbocycles. The molecule has 1 atom stereocenters. The number of likely N-dealkylation sites (tertiary alicyclic amines) is 1. The molecule has 0 spiro atoms. The molecule has 0 bridgehead atoms. The molecule has 2 aliphatic rings. The van der Waals surface area contributed by atoms with Crippen LogP contribution < -0.4 is 4.74 Å². The number of carbonyl (C=O) groups excluding carboxylic acids is 1. The highest BCUT2D eigenvalue weighted by molar-refractivity contribution is 5.94. The molecule has 6 nitrogen and oxygen atoms in total. The van der Waals surface area contributed by atoms with Crippen LogP contribution in [-0.4, -0.2) is 44.8 Å². The predicted octanol–water partition coefficient (Wildman–Crippen LogP) is 2.37. The Balaban J connectivity index is 1.39. The normalized spacial score (nSPS) is 20.3. The Morgan fingerprint density at radius 3 is 2.92 bits per heavy atom. The highest BCUT2D eigenvalue weighted by atomic mass is 16.5. The first-order valence-electron chi connectivity index (χ1n) is 8.67. The van der Waals surface area contributed by atoms with Crippen LogP contribution in [-0.2, 0) is 6.54 Å². The molecule has 0 unspecified atom stereocenters. The summed E-state index contributed by atoms with van der Waals surface area (Å²) in [5.74, 6) is 1.35. The van der Waals surface area contributed by atoms with Crippen molar-refractivity contribution in [3.05, 3.63) is 42.4 Å². The molecule has 1 amide bonds. The van der Waals surface area contributed by atoms with Crippen molar-refractivity contribution in [1.82, 2.24) is 19.7 Å².